The fourth-order valence-corrected chi connectivity index (χ4v) is 2.56. The first kappa shape index (κ1) is 15.4. The van der Waals surface area contributed by atoms with Gasteiger partial charge in [-0.3, -0.25) is 0 Å². The maximum absolute atomic E-state index is 6.20. The molecule has 1 atom stereocenters. The normalized spacial score (nSPS) is 18.8. The van der Waals surface area contributed by atoms with Crippen LogP contribution in [0, 0.1) is 0 Å². The number of methoxy groups -OCH3 is 2. The van der Waals surface area contributed by atoms with Crippen LogP contribution in [0.15, 0.2) is 47.8 Å². The van der Waals surface area contributed by atoms with Crippen LogP contribution in [0.3, 0.4) is 0 Å². The highest BCUT2D eigenvalue weighted by atomic mass is 16.5. The van der Waals surface area contributed by atoms with Crippen LogP contribution in [0.25, 0.3) is 0 Å². The molecule has 21 heavy (non-hydrogen) atoms. The van der Waals surface area contributed by atoms with Crippen LogP contribution in [0.2, 0.25) is 0 Å². The highest BCUT2D eigenvalue weighted by Gasteiger charge is 2.25. The Balaban J connectivity index is 2.17. The lowest BCUT2D eigenvalue weighted by Gasteiger charge is -2.32. The van der Waals surface area contributed by atoms with Crippen LogP contribution in [0.1, 0.15) is 18.4 Å². The van der Waals surface area contributed by atoms with Gasteiger partial charge in [0, 0.05) is 7.11 Å². The smallest absolute Gasteiger partial charge is 0.118 e. The molecule has 5 heteroatoms. The molecule has 0 radical (unpaired) electrons. The molecular weight excluding hydrogens is 266 g/mol. The molecule has 1 unspecified atom stereocenters. The zero-order valence-electron chi connectivity index (χ0n) is 12.6. The summed E-state index contributed by atoms with van der Waals surface area (Å²) in [6.07, 6.45) is 1.60. The van der Waals surface area contributed by atoms with E-state index >= 15 is 0 Å². The number of rotatable bonds is 5. The van der Waals surface area contributed by atoms with Crippen molar-refractivity contribution in [1.29, 1.82) is 0 Å². The van der Waals surface area contributed by atoms with Gasteiger partial charge in [0.2, 0.25) is 0 Å². The zero-order chi connectivity index (χ0) is 15.4. The number of ether oxygens (including phenoxy) is 2. The third kappa shape index (κ3) is 3.37. The lowest BCUT2D eigenvalue weighted by molar-refractivity contribution is 0.114. The largest absolute Gasteiger partial charge is 0.497 e. The lowest BCUT2D eigenvalue weighted by atomic mass is 9.94. The standard InChI is InChI=1S/C16H23N3O2/c1-11-4-9-14(21-3)15(17)16(11)19(18)10-12-5-7-13(20-2)8-6-12/h5-8,14H,1,4,9-10,17-18H2,2-3H3. The van der Waals surface area contributed by atoms with Gasteiger partial charge in [0.15, 0.2) is 0 Å². The fraction of sp³-hybridized carbons (Fsp3) is 0.375. The summed E-state index contributed by atoms with van der Waals surface area (Å²) in [6, 6.07) is 7.78. The number of benzene rings is 1. The minimum absolute atomic E-state index is 0.0904. The maximum atomic E-state index is 6.20. The molecule has 0 fully saturated rings. The van der Waals surface area contributed by atoms with Crippen LogP contribution in [0.5, 0.6) is 5.75 Å². The molecule has 1 aromatic carbocycles. The van der Waals surface area contributed by atoms with E-state index in [-0.39, 0.29) is 6.10 Å². The fourth-order valence-electron chi connectivity index (χ4n) is 2.56. The van der Waals surface area contributed by atoms with Crippen molar-refractivity contribution in [3.05, 3.63) is 53.4 Å². The van der Waals surface area contributed by atoms with Gasteiger partial charge in [-0.05, 0) is 36.1 Å². The molecule has 0 saturated heterocycles. The molecule has 0 spiro atoms. The van der Waals surface area contributed by atoms with E-state index in [1.807, 2.05) is 24.3 Å². The SMILES string of the molecule is C=C1CCC(OC)C(N)=C1N(N)Cc1ccc(OC)cc1. The molecule has 2 rings (SSSR count). The van der Waals surface area contributed by atoms with Gasteiger partial charge in [-0.15, -0.1) is 0 Å². The van der Waals surface area contributed by atoms with Gasteiger partial charge in [0.1, 0.15) is 5.75 Å². The Bertz CT molecular complexity index is 537. The van der Waals surface area contributed by atoms with Crippen molar-refractivity contribution >= 4 is 0 Å². The van der Waals surface area contributed by atoms with Gasteiger partial charge in [0.25, 0.3) is 0 Å². The van der Waals surface area contributed by atoms with Crippen LogP contribution < -0.4 is 16.3 Å². The molecular formula is C16H23N3O2. The van der Waals surface area contributed by atoms with Crippen molar-refractivity contribution in [3.8, 4) is 5.75 Å². The second-order valence-electron chi connectivity index (χ2n) is 5.15. The van der Waals surface area contributed by atoms with Gasteiger partial charge in [-0.2, -0.15) is 0 Å². The van der Waals surface area contributed by atoms with Crippen LogP contribution in [-0.2, 0) is 11.3 Å². The van der Waals surface area contributed by atoms with Crippen molar-refractivity contribution in [1.82, 2.24) is 5.01 Å². The molecule has 1 aliphatic carbocycles. The Morgan fingerprint density at radius 3 is 2.52 bits per heavy atom. The van der Waals surface area contributed by atoms with E-state index < -0.39 is 0 Å². The summed E-state index contributed by atoms with van der Waals surface area (Å²) in [5.41, 5.74) is 9.66. The molecule has 4 N–H and O–H groups in total. The van der Waals surface area contributed by atoms with Gasteiger partial charge in [-0.1, -0.05) is 18.7 Å². The zero-order valence-corrected chi connectivity index (χ0v) is 12.6. The first-order chi connectivity index (χ1) is 10.1. The quantitative estimate of drug-likeness (QED) is 0.640. The summed E-state index contributed by atoms with van der Waals surface area (Å²) < 4.78 is 10.5. The summed E-state index contributed by atoms with van der Waals surface area (Å²) in [7, 11) is 3.31. The Morgan fingerprint density at radius 2 is 1.95 bits per heavy atom. The Morgan fingerprint density at radius 1 is 1.29 bits per heavy atom. The first-order valence-electron chi connectivity index (χ1n) is 6.92. The second kappa shape index (κ2) is 6.65. The number of allylic oxidation sites excluding steroid dienone is 1. The topological polar surface area (TPSA) is 73.7 Å². The molecule has 0 amide bonds. The molecule has 0 saturated carbocycles. The van der Waals surface area contributed by atoms with E-state index in [1.54, 1.807) is 19.2 Å². The molecule has 5 nitrogen and oxygen atoms in total. The van der Waals surface area contributed by atoms with E-state index in [4.69, 9.17) is 21.1 Å². The first-order valence-corrected chi connectivity index (χ1v) is 6.92. The maximum Gasteiger partial charge on any atom is 0.118 e. The summed E-state index contributed by atoms with van der Waals surface area (Å²) >= 11 is 0. The average molecular weight is 289 g/mol. The monoisotopic (exact) mass is 289 g/mol. The number of hydrogen-bond acceptors (Lipinski definition) is 5. The molecule has 0 heterocycles. The highest BCUT2D eigenvalue weighted by molar-refractivity contribution is 5.36. The van der Waals surface area contributed by atoms with Crippen molar-refractivity contribution in [2.24, 2.45) is 11.6 Å². The van der Waals surface area contributed by atoms with E-state index in [0.717, 1.165) is 35.4 Å². The van der Waals surface area contributed by atoms with Crippen LogP contribution in [-0.4, -0.2) is 25.3 Å². The molecule has 1 aromatic rings. The number of hydrazine groups is 1. The van der Waals surface area contributed by atoms with E-state index in [0.29, 0.717) is 12.2 Å². The Kier molecular flexibility index (Phi) is 4.88. The van der Waals surface area contributed by atoms with E-state index in [1.165, 1.54) is 0 Å². The van der Waals surface area contributed by atoms with Crippen molar-refractivity contribution in [3.63, 3.8) is 0 Å². The highest BCUT2D eigenvalue weighted by Crippen LogP contribution is 2.29. The number of nitrogens with two attached hydrogens (primary N) is 2. The lowest BCUT2D eigenvalue weighted by Crippen LogP contribution is -2.38. The summed E-state index contributed by atoms with van der Waals surface area (Å²) in [5.74, 6) is 7.02. The van der Waals surface area contributed by atoms with Crippen molar-refractivity contribution in [2.45, 2.75) is 25.5 Å². The predicted octanol–water partition coefficient (Wildman–Crippen LogP) is 1.91. The predicted molar refractivity (Wildman–Crippen MR) is 83.1 cm³/mol. The Labute approximate surface area is 125 Å². The van der Waals surface area contributed by atoms with E-state index in [2.05, 4.69) is 6.58 Å². The second-order valence-corrected chi connectivity index (χ2v) is 5.15. The van der Waals surface area contributed by atoms with Crippen LogP contribution >= 0.6 is 0 Å². The summed E-state index contributed by atoms with van der Waals surface area (Å²) in [4.78, 5) is 0. The molecule has 0 aliphatic heterocycles. The Hall–Kier alpha value is -1.98. The van der Waals surface area contributed by atoms with Gasteiger partial charge >= 0.3 is 0 Å². The molecule has 114 valence electrons. The summed E-state index contributed by atoms with van der Waals surface area (Å²) in [5, 5.41) is 1.64. The van der Waals surface area contributed by atoms with Crippen molar-refractivity contribution in [2.75, 3.05) is 14.2 Å². The minimum Gasteiger partial charge on any atom is -0.497 e. The minimum atomic E-state index is -0.0904. The molecule has 1 aliphatic rings. The number of nitrogens with zero attached hydrogens (tertiary/aromatic N) is 1. The third-order valence-electron chi connectivity index (χ3n) is 3.75. The van der Waals surface area contributed by atoms with Crippen LogP contribution in [0.4, 0.5) is 0 Å². The average Bonchev–Trinajstić information content (AvgIpc) is 2.48. The van der Waals surface area contributed by atoms with Gasteiger partial charge in [0.05, 0.1) is 31.2 Å². The van der Waals surface area contributed by atoms with E-state index in [9.17, 15) is 0 Å². The summed E-state index contributed by atoms with van der Waals surface area (Å²) in [6.45, 7) is 4.62. The molecule has 0 aromatic heterocycles. The van der Waals surface area contributed by atoms with Crippen molar-refractivity contribution < 1.29 is 9.47 Å². The number of hydrogen-bond donors (Lipinski definition) is 2. The molecule has 0 bridgehead atoms. The van der Waals surface area contributed by atoms with Gasteiger partial charge < -0.3 is 20.2 Å². The van der Waals surface area contributed by atoms with Gasteiger partial charge in [-0.25, -0.2) is 5.84 Å². The third-order valence-corrected chi connectivity index (χ3v) is 3.75.